The second-order valence-corrected chi connectivity index (χ2v) is 4.10. The molecule has 1 amide bonds. The van der Waals surface area contributed by atoms with Gasteiger partial charge in [-0.15, -0.1) is 0 Å². The van der Waals surface area contributed by atoms with E-state index in [2.05, 4.69) is 10.4 Å². The van der Waals surface area contributed by atoms with Crippen LogP contribution in [0.2, 0.25) is 0 Å². The summed E-state index contributed by atoms with van der Waals surface area (Å²) in [6.07, 6.45) is 3.08. The summed E-state index contributed by atoms with van der Waals surface area (Å²) in [5.41, 5.74) is 0.324. The van der Waals surface area contributed by atoms with E-state index in [1.165, 1.54) is 6.20 Å². The maximum absolute atomic E-state index is 13.1. The van der Waals surface area contributed by atoms with Crippen LogP contribution in [0.4, 0.5) is 10.1 Å². The molecule has 0 aliphatic carbocycles. The van der Waals surface area contributed by atoms with Gasteiger partial charge in [0, 0.05) is 13.3 Å². The van der Waals surface area contributed by atoms with Gasteiger partial charge in [-0.2, -0.15) is 5.10 Å². The Morgan fingerprint density at radius 3 is 3.10 bits per heavy atom. The molecule has 2 rings (SSSR count). The summed E-state index contributed by atoms with van der Waals surface area (Å²) in [6.45, 7) is 1.05. The molecule has 7 heteroatoms. The van der Waals surface area contributed by atoms with Gasteiger partial charge in [-0.1, -0.05) is 0 Å². The molecule has 2 N–H and O–H groups in total. The number of rotatable bonds is 5. The molecule has 0 atom stereocenters. The molecule has 0 unspecified atom stereocenters. The number of methoxy groups -OCH3 is 1. The fourth-order valence-corrected chi connectivity index (χ4v) is 1.62. The summed E-state index contributed by atoms with van der Waals surface area (Å²) in [5.74, 6) is -1.48. The minimum Gasteiger partial charge on any atom is -0.507 e. The highest BCUT2D eigenvalue weighted by atomic mass is 19.1. The molecule has 0 aliphatic rings. The number of phenolic OH excluding ortho intramolecular Hbond substituents is 1. The number of carbonyl (C=O) groups excluding carboxylic acids is 1. The van der Waals surface area contributed by atoms with E-state index >= 15 is 0 Å². The van der Waals surface area contributed by atoms with Gasteiger partial charge in [0.1, 0.15) is 11.6 Å². The lowest BCUT2D eigenvalue weighted by atomic mass is 10.2. The average Bonchev–Trinajstić information content (AvgIpc) is 2.86. The fraction of sp³-hybridized carbons (Fsp3) is 0.231. The molecule has 1 heterocycles. The Labute approximate surface area is 114 Å². The van der Waals surface area contributed by atoms with Crippen LogP contribution in [0.3, 0.4) is 0 Å². The van der Waals surface area contributed by atoms with E-state index in [-0.39, 0.29) is 11.3 Å². The van der Waals surface area contributed by atoms with E-state index in [4.69, 9.17) is 4.74 Å². The Kier molecular flexibility index (Phi) is 4.31. The molecule has 1 aromatic heterocycles. The first-order valence-corrected chi connectivity index (χ1v) is 5.91. The zero-order valence-electron chi connectivity index (χ0n) is 10.8. The van der Waals surface area contributed by atoms with Crippen molar-refractivity contribution in [2.75, 3.05) is 19.0 Å². The van der Waals surface area contributed by atoms with Crippen molar-refractivity contribution in [3.8, 4) is 5.75 Å². The van der Waals surface area contributed by atoms with E-state index < -0.39 is 11.7 Å². The molecular formula is C13H14FN3O3. The van der Waals surface area contributed by atoms with Crippen molar-refractivity contribution in [1.82, 2.24) is 9.78 Å². The smallest absolute Gasteiger partial charge is 0.259 e. The minimum atomic E-state index is -0.603. The van der Waals surface area contributed by atoms with Gasteiger partial charge in [-0.3, -0.25) is 9.48 Å². The van der Waals surface area contributed by atoms with Gasteiger partial charge in [0.15, 0.2) is 0 Å². The van der Waals surface area contributed by atoms with Crippen molar-refractivity contribution >= 4 is 11.6 Å². The monoisotopic (exact) mass is 279 g/mol. The van der Waals surface area contributed by atoms with E-state index in [1.54, 1.807) is 18.0 Å². The zero-order chi connectivity index (χ0) is 14.5. The number of benzene rings is 1. The van der Waals surface area contributed by atoms with E-state index in [0.717, 1.165) is 18.2 Å². The minimum absolute atomic E-state index is 0.130. The number of carbonyl (C=O) groups is 1. The molecule has 20 heavy (non-hydrogen) atoms. The standard InChI is InChI=1S/C13H14FN3O3/c1-20-5-4-17-8-10(7-15-17)16-13(19)11-6-9(14)2-3-12(11)18/h2-3,6-8,18H,4-5H2,1H3,(H,16,19). The number of aromatic hydroxyl groups is 1. The van der Waals surface area contributed by atoms with Crippen molar-refractivity contribution in [1.29, 1.82) is 0 Å². The number of aromatic nitrogens is 2. The average molecular weight is 279 g/mol. The van der Waals surface area contributed by atoms with Crippen LogP contribution >= 0.6 is 0 Å². The quantitative estimate of drug-likeness (QED) is 0.872. The van der Waals surface area contributed by atoms with Crippen molar-refractivity contribution < 1.29 is 19.0 Å². The number of nitrogens with zero attached hydrogens (tertiary/aromatic N) is 2. The number of phenols is 1. The van der Waals surface area contributed by atoms with Crippen molar-refractivity contribution in [2.45, 2.75) is 6.54 Å². The largest absolute Gasteiger partial charge is 0.507 e. The summed E-state index contributed by atoms with van der Waals surface area (Å²) < 4.78 is 19.6. The van der Waals surface area contributed by atoms with Crippen LogP contribution in [0.25, 0.3) is 0 Å². The molecule has 0 saturated heterocycles. The van der Waals surface area contributed by atoms with E-state index in [9.17, 15) is 14.3 Å². The number of amides is 1. The Hall–Kier alpha value is -2.41. The predicted octanol–water partition coefficient (Wildman–Crippen LogP) is 1.63. The number of ether oxygens (including phenoxy) is 1. The fourth-order valence-electron chi connectivity index (χ4n) is 1.62. The maximum atomic E-state index is 13.1. The summed E-state index contributed by atoms with van der Waals surface area (Å²) in [6, 6.07) is 3.18. The van der Waals surface area contributed by atoms with Crippen LogP contribution in [0.15, 0.2) is 30.6 Å². The third-order valence-corrected chi connectivity index (χ3v) is 2.62. The highest BCUT2D eigenvalue weighted by molar-refractivity contribution is 6.05. The predicted molar refractivity (Wildman–Crippen MR) is 70.1 cm³/mol. The first-order chi connectivity index (χ1) is 9.60. The molecule has 0 radical (unpaired) electrons. The number of hydrogen-bond donors (Lipinski definition) is 2. The van der Waals surface area contributed by atoms with Crippen molar-refractivity contribution in [3.05, 3.63) is 42.0 Å². The molecule has 0 bridgehead atoms. The highest BCUT2D eigenvalue weighted by Crippen LogP contribution is 2.19. The molecule has 0 aliphatic heterocycles. The summed E-state index contributed by atoms with van der Waals surface area (Å²) >= 11 is 0. The Bertz CT molecular complexity index is 613. The first kappa shape index (κ1) is 14.0. The third kappa shape index (κ3) is 3.33. The van der Waals surface area contributed by atoms with Gasteiger partial charge >= 0.3 is 0 Å². The molecule has 0 fully saturated rings. The van der Waals surface area contributed by atoms with Gasteiger partial charge in [-0.25, -0.2) is 4.39 Å². The van der Waals surface area contributed by atoms with Crippen LogP contribution in [0.5, 0.6) is 5.75 Å². The van der Waals surface area contributed by atoms with Gasteiger partial charge < -0.3 is 15.2 Å². The third-order valence-electron chi connectivity index (χ3n) is 2.62. The molecule has 0 spiro atoms. The number of hydrogen-bond acceptors (Lipinski definition) is 4. The van der Waals surface area contributed by atoms with E-state index in [0.29, 0.717) is 18.8 Å². The topological polar surface area (TPSA) is 76.4 Å². The van der Waals surface area contributed by atoms with Crippen LogP contribution in [-0.2, 0) is 11.3 Å². The SMILES string of the molecule is COCCn1cc(NC(=O)c2cc(F)ccc2O)cn1. The zero-order valence-corrected chi connectivity index (χ0v) is 10.8. The van der Waals surface area contributed by atoms with Crippen LogP contribution in [0.1, 0.15) is 10.4 Å². The second kappa shape index (κ2) is 6.16. The summed E-state index contributed by atoms with van der Waals surface area (Å²) in [4.78, 5) is 11.9. The van der Waals surface area contributed by atoms with Crippen LogP contribution in [-0.4, -0.2) is 34.5 Å². The second-order valence-electron chi connectivity index (χ2n) is 4.10. The number of anilines is 1. The number of halogens is 1. The van der Waals surface area contributed by atoms with E-state index in [1.807, 2.05) is 0 Å². The Morgan fingerprint density at radius 1 is 1.55 bits per heavy atom. The van der Waals surface area contributed by atoms with Crippen LogP contribution < -0.4 is 5.32 Å². The Morgan fingerprint density at radius 2 is 2.35 bits per heavy atom. The summed E-state index contributed by atoms with van der Waals surface area (Å²) in [5, 5.41) is 16.1. The molecular weight excluding hydrogens is 265 g/mol. The maximum Gasteiger partial charge on any atom is 0.259 e. The molecule has 0 saturated carbocycles. The lowest BCUT2D eigenvalue weighted by Crippen LogP contribution is -2.12. The first-order valence-electron chi connectivity index (χ1n) is 5.91. The highest BCUT2D eigenvalue weighted by Gasteiger charge is 2.13. The lowest BCUT2D eigenvalue weighted by Gasteiger charge is -2.04. The van der Waals surface area contributed by atoms with Crippen molar-refractivity contribution in [3.63, 3.8) is 0 Å². The molecule has 1 aromatic carbocycles. The lowest BCUT2D eigenvalue weighted by molar-refractivity contribution is 0.102. The van der Waals surface area contributed by atoms with Gasteiger partial charge in [-0.05, 0) is 18.2 Å². The molecule has 2 aromatic rings. The molecule has 6 nitrogen and oxygen atoms in total. The van der Waals surface area contributed by atoms with Gasteiger partial charge in [0.25, 0.3) is 5.91 Å². The van der Waals surface area contributed by atoms with Gasteiger partial charge in [0.05, 0.1) is 30.6 Å². The van der Waals surface area contributed by atoms with Crippen molar-refractivity contribution in [2.24, 2.45) is 0 Å². The molecule has 106 valence electrons. The van der Waals surface area contributed by atoms with Gasteiger partial charge in [0.2, 0.25) is 0 Å². The number of nitrogens with one attached hydrogen (secondary N) is 1. The summed E-state index contributed by atoms with van der Waals surface area (Å²) in [7, 11) is 1.58. The normalized spacial score (nSPS) is 10.5. The Balaban J connectivity index is 2.07. The van der Waals surface area contributed by atoms with Crippen LogP contribution in [0, 0.1) is 5.82 Å².